The van der Waals surface area contributed by atoms with Crippen molar-refractivity contribution in [2.45, 2.75) is 20.0 Å². The van der Waals surface area contributed by atoms with Gasteiger partial charge in [0.15, 0.2) is 0 Å². The van der Waals surface area contributed by atoms with E-state index in [4.69, 9.17) is 4.74 Å². The van der Waals surface area contributed by atoms with Crippen molar-refractivity contribution >= 4 is 11.3 Å². The first-order chi connectivity index (χ1) is 8.13. The van der Waals surface area contributed by atoms with Crippen molar-refractivity contribution in [1.82, 2.24) is 0 Å². The Balaban J connectivity index is 2.43. The monoisotopic (exact) mass is 248 g/mol. The fourth-order valence-corrected chi connectivity index (χ4v) is 3.01. The highest BCUT2D eigenvalue weighted by Crippen LogP contribution is 2.35. The number of hydrogen-bond acceptors (Lipinski definition) is 3. The van der Waals surface area contributed by atoms with Gasteiger partial charge in [-0.2, -0.15) is 0 Å². The Bertz CT molecular complexity index is 517. The second-order valence-electron chi connectivity index (χ2n) is 4.05. The quantitative estimate of drug-likeness (QED) is 0.901. The zero-order chi connectivity index (χ0) is 12.4. The molecule has 0 aliphatic carbocycles. The van der Waals surface area contributed by atoms with Crippen LogP contribution in [0.15, 0.2) is 30.3 Å². The summed E-state index contributed by atoms with van der Waals surface area (Å²) in [5, 5.41) is 10.4. The number of aliphatic hydroxyl groups excluding tert-OH is 1. The molecule has 1 unspecified atom stereocenters. The van der Waals surface area contributed by atoms with Crippen LogP contribution in [0, 0.1) is 13.8 Å². The van der Waals surface area contributed by atoms with E-state index >= 15 is 0 Å². The molecule has 0 saturated heterocycles. The molecule has 1 aromatic heterocycles. The fourth-order valence-electron chi connectivity index (χ4n) is 1.96. The van der Waals surface area contributed by atoms with Crippen molar-refractivity contribution in [3.8, 4) is 5.75 Å². The third-order valence-electron chi connectivity index (χ3n) is 2.76. The van der Waals surface area contributed by atoms with Gasteiger partial charge in [0, 0.05) is 15.3 Å². The first-order valence-corrected chi connectivity index (χ1v) is 6.33. The summed E-state index contributed by atoms with van der Waals surface area (Å²) < 4.78 is 5.28. The van der Waals surface area contributed by atoms with E-state index in [1.807, 2.05) is 31.2 Å². The Morgan fingerprint density at radius 1 is 1.24 bits per heavy atom. The summed E-state index contributed by atoms with van der Waals surface area (Å²) in [6.07, 6.45) is -0.607. The van der Waals surface area contributed by atoms with E-state index in [-0.39, 0.29) is 0 Å². The highest BCUT2D eigenvalue weighted by Gasteiger charge is 2.18. The van der Waals surface area contributed by atoms with Crippen LogP contribution in [-0.4, -0.2) is 12.2 Å². The van der Waals surface area contributed by atoms with E-state index < -0.39 is 6.10 Å². The summed E-state index contributed by atoms with van der Waals surface area (Å²) in [4.78, 5) is 2.21. The molecule has 90 valence electrons. The highest BCUT2D eigenvalue weighted by atomic mass is 32.1. The van der Waals surface area contributed by atoms with Crippen molar-refractivity contribution in [1.29, 1.82) is 0 Å². The number of rotatable bonds is 3. The van der Waals surface area contributed by atoms with Crippen molar-refractivity contribution < 1.29 is 9.84 Å². The molecule has 0 aliphatic heterocycles. The molecule has 1 aromatic carbocycles. The minimum absolute atomic E-state index is 0.607. The van der Waals surface area contributed by atoms with Gasteiger partial charge >= 0.3 is 0 Å². The maximum Gasteiger partial charge on any atom is 0.125 e. The lowest BCUT2D eigenvalue weighted by molar-refractivity contribution is 0.218. The molecule has 0 fully saturated rings. The second kappa shape index (κ2) is 4.90. The normalized spacial score (nSPS) is 12.5. The largest absolute Gasteiger partial charge is 0.496 e. The SMILES string of the molecule is COc1ccccc1C(O)c1sc(C)cc1C. The van der Waals surface area contributed by atoms with Gasteiger partial charge in [0.1, 0.15) is 11.9 Å². The van der Waals surface area contributed by atoms with Gasteiger partial charge in [0.05, 0.1) is 7.11 Å². The Kier molecular flexibility index (Phi) is 3.50. The lowest BCUT2D eigenvalue weighted by atomic mass is 10.0. The molecule has 0 spiro atoms. The van der Waals surface area contributed by atoms with E-state index in [9.17, 15) is 5.11 Å². The lowest BCUT2D eigenvalue weighted by Gasteiger charge is -2.14. The Morgan fingerprint density at radius 2 is 1.94 bits per heavy atom. The first-order valence-electron chi connectivity index (χ1n) is 5.51. The summed E-state index contributed by atoms with van der Waals surface area (Å²) in [6.45, 7) is 4.08. The molecule has 0 radical (unpaired) electrons. The van der Waals surface area contributed by atoms with Gasteiger partial charge in [0.25, 0.3) is 0 Å². The molecule has 0 saturated carbocycles. The molecule has 1 heterocycles. The van der Waals surface area contributed by atoms with Crippen molar-refractivity contribution in [2.75, 3.05) is 7.11 Å². The van der Waals surface area contributed by atoms with E-state index in [1.165, 1.54) is 4.88 Å². The smallest absolute Gasteiger partial charge is 0.125 e. The van der Waals surface area contributed by atoms with Crippen molar-refractivity contribution in [3.63, 3.8) is 0 Å². The number of methoxy groups -OCH3 is 1. The van der Waals surface area contributed by atoms with Crippen molar-refractivity contribution in [2.24, 2.45) is 0 Å². The molecule has 1 atom stereocenters. The van der Waals surface area contributed by atoms with Gasteiger partial charge in [-0.05, 0) is 31.5 Å². The van der Waals surface area contributed by atoms with Crippen LogP contribution in [0.2, 0.25) is 0 Å². The van der Waals surface area contributed by atoms with Crippen LogP contribution < -0.4 is 4.74 Å². The standard InChI is InChI=1S/C14H16O2S/c1-9-8-10(2)17-14(9)13(15)11-6-4-5-7-12(11)16-3/h4-8,13,15H,1-3H3. The van der Waals surface area contributed by atoms with Gasteiger partial charge in [-0.25, -0.2) is 0 Å². The minimum Gasteiger partial charge on any atom is -0.496 e. The van der Waals surface area contributed by atoms with Crippen LogP contribution in [0.25, 0.3) is 0 Å². The Hall–Kier alpha value is -1.32. The predicted molar refractivity (Wildman–Crippen MR) is 70.8 cm³/mol. The molecular formula is C14H16O2S. The van der Waals surface area contributed by atoms with E-state index in [1.54, 1.807) is 18.4 Å². The van der Waals surface area contributed by atoms with Gasteiger partial charge in [-0.15, -0.1) is 11.3 Å². The minimum atomic E-state index is -0.607. The summed E-state index contributed by atoms with van der Waals surface area (Å²) >= 11 is 1.63. The van der Waals surface area contributed by atoms with Crippen LogP contribution in [0.4, 0.5) is 0 Å². The average Bonchev–Trinajstić information content (AvgIpc) is 2.67. The second-order valence-corrected chi connectivity index (χ2v) is 5.34. The highest BCUT2D eigenvalue weighted by molar-refractivity contribution is 7.12. The van der Waals surface area contributed by atoms with Crippen LogP contribution >= 0.6 is 11.3 Å². The number of ether oxygens (including phenoxy) is 1. The Morgan fingerprint density at radius 3 is 2.53 bits per heavy atom. The number of para-hydroxylation sites is 1. The van der Waals surface area contributed by atoms with E-state index in [0.717, 1.165) is 21.8 Å². The molecule has 1 N–H and O–H groups in total. The molecule has 3 heteroatoms. The average molecular weight is 248 g/mol. The summed E-state index contributed by atoms with van der Waals surface area (Å²) in [5.41, 5.74) is 1.95. The summed E-state index contributed by atoms with van der Waals surface area (Å²) in [6, 6.07) is 9.68. The molecule has 17 heavy (non-hydrogen) atoms. The van der Waals surface area contributed by atoms with Gasteiger partial charge < -0.3 is 9.84 Å². The number of aliphatic hydroxyl groups is 1. The zero-order valence-electron chi connectivity index (χ0n) is 10.2. The Labute approximate surface area is 105 Å². The molecule has 2 nitrogen and oxygen atoms in total. The lowest BCUT2D eigenvalue weighted by Crippen LogP contribution is -2.01. The number of thiophene rings is 1. The zero-order valence-corrected chi connectivity index (χ0v) is 11.0. The molecule has 0 amide bonds. The molecule has 0 bridgehead atoms. The molecule has 0 aliphatic rings. The molecule has 2 rings (SSSR count). The van der Waals surface area contributed by atoms with Gasteiger partial charge in [0.2, 0.25) is 0 Å². The maximum absolute atomic E-state index is 10.4. The summed E-state index contributed by atoms with van der Waals surface area (Å²) in [5.74, 6) is 0.727. The van der Waals surface area contributed by atoms with E-state index in [2.05, 4.69) is 13.0 Å². The fraction of sp³-hybridized carbons (Fsp3) is 0.286. The van der Waals surface area contributed by atoms with E-state index in [0.29, 0.717) is 0 Å². The van der Waals surface area contributed by atoms with Gasteiger partial charge in [-0.3, -0.25) is 0 Å². The van der Waals surface area contributed by atoms with Crippen LogP contribution in [0.3, 0.4) is 0 Å². The topological polar surface area (TPSA) is 29.5 Å². The van der Waals surface area contributed by atoms with Crippen molar-refractivity contribution in [3.05, 3.63) is 51.2 Å². The van der Waals surface area contributed by atoms with Crippen LogP contribution in [-0.2, 0) is 0 Å². The summed E-state index contributed by atoms with van der Waals surface area (Å²) in [7, 11) is 1.62. The number of hydrogen-bond donors (Lipinski definition) is 1. The maximum atomic E-state index is 10.4. The predicted octanol–water partition coefficient (Wildman–Crippen LogP) is 3.46. The number of benzene rings is 1. The third kappa shape index (κ3) is 2.35. The van der Waals surface area contributed by atoms with Gasteiger partial charge in [-0.1, -0.05) is 18.2 Å². The molecular weight excluding hydrogens is 232 g/mol. The van der Waals surface area contributed by atoms with Crippen LogP contribution in [0.5, 0.6) is 5.75 Å². The third-order valence-corrected chi connectivity index (χ3v) is 3.97. The molecule has 2 aromatic rings. The van der Waals surface area contributed by atoms with Crippen LogP contribution in [0.1, 0.15) is 27.0 Å². The first kappa shape index (κ1) is 12.1. The number of aryl methyl sites for hydroxylation is 2.